The molecular formula is C12H17ClN-. The first-order valence-corrected chi connectivity index (χ1v) is 5.13. The largest absolute Gasteiger partial charge is 1.00 e. The average Bonchev–Trinajstić information content (AvgIpc) is 2.99. The fourth-order valence-corrected chi connectivity index (χ4v) is 1.64. The molecule has 0 amide bonds. The maximum atomic E-state index is 3.56. The zero-order valence-electron chi connectivity index (χ0n) is 8.54. The number of nitrogens with one attached hydrogen (secondary N) is 1. The Kier molecular flexibility index (Phi) is 4.43. The molecule has 1 nitrogen and oxygen atoms in total. The van der Waals surface area contributed by atoms with Crippen molar-refractivity contribution in [2.45, 2.75) is 32.4 Å². The Morgan fingerprint density at radius 3 is 2.50 bits per heavy atom. The van der Waals surface area contributed by atoms with Gasteiger partial charge in [-0.05, 0) is 31.2 Å². The van der Waals surface area contributed by atoms with Crippen LogP contribution in [-0.4, -0.2) is 6.04 Å². The highest BCUT2D eigenvalue weighted by atomic mass is 35.5. The smallest absolute Gasteiger partial charge is 0.0208 e. The van der Waals surface area contributed by atoms with Crippen molar-refractivity contribution in [3.63, 3.8) is 0 Å². The van der Waals surface area contributed by atoms with E-state index in [9.17, 15) is 0 Å². The van der Waals surface area contributed by atoms with Gasteiger partial charge in [0.05, 0.1) is 0 Å². The fraction of sp³-hybridized carbons (Fsp3) is 0.500. The molecule has 1 aromatic rings. The molecule has 78 valence electrons. The van der Waals surface area contributed by atoms with Crippen LogP contribution in [0.2, 0.25) is 0 Å². The van der Waals surface area contributed by atoms with Crippen LogP contribution < -0.4 is 17.7 Å². The van der Waals surface area contributed by atoms with Gasteiger partial charge < -0.3 is 17.7 Å². The molecule has 0 bridgehead atoms. The van der Waals surface area contributed by atoms with Gasteiger partial charge in [-0.3, -0.25) is 0 Å². The quantitative estimate of drug-likeness (QED) is 0.712. The first-order valence-electron chi connectivity index (χ1n) is 5.13. The summed E-state index contributed by atoms with van der Waals surface area (Å²) in [4.78, 5) is 0. The summed E-state index contributed by atoms with van der Waals surface area (Å²) in [5.74, 6) is 0.948. The summed E-state index contributed by atoms with van der Waals surface area (Å²) < 4.78 is 0. The van der Waals surface area contributed by atoms with Crippen molar-refractivity contribution in [2.75, 3.05) is 0 Å². The lowest BCUT2D eigenvalue weighted by Crippen LogP contribution is -3.00. The van der Waals surface area contributed by atoms with Crippen molar-refractivity contribution in [3.05, 3.63) is 35.9 Å². The first kappa shape index (κ1) is 11.5. The first-order chi connectivity index (χ1) is 6.36. The SMILES string of the molecule is CC(NCc1ccccc1)C1CC1.[Cl-]. The molecule has 1 unspecified atom stereocenters. The Bertz CT molecular complexity index is 256. The molecule has 0 aliphatic heterocycles. The summed E-state index contributed by atoms with van der Waals surface area (Å²) in [6.45, 7) is 3.30. The van der Waals surface area contributed by atoms with E-state index < -0.39 is 0 Å². The van der Waals surface area contributed by atoms with Crippen LogP contribution in [0.5, 0.6) is 0 Å². The lowest BCUT2D eigenvalue weighted by atomic mass is 10.2. The van der Waals surface area contributed by atoms with Gasteiger partial charge in [0.15, 0.2) is 0 Å². The Morgan fingerprint density at radius 2 is 1.93 bits per heavy atom. The molecule has 0 radical (unpaired) electrons. The third-order valence-electron chi connectivity index (χ3n) is 2.80. The molecule has 2 rings (SSSR count). The van der Waals surface area contributed by atoms with E-state index >= 15 is 0 Å². The molecule has 1 atom stereocenters. The lowest BCUT2D eigenvalue weighted by Gasteiger charge is -2.12. The van der Waals surface area contributed by atoms with E-state index in [0.29, 0.717) is 6.04 Å². The fourth-order valence-electron chi connectivity index (χ4n) is 1.64. The Morgan fingerprint density at radius 1 is 1.29 bits per heavy atom. The molecule has 0 heterocycles. The van der Waals surface area contributed by atoms with Gasteiger partial charge in [-0.15, -0.1) is 0 Å². The van der Waals surface area contributed by atoms with E-state index in [2.05, 4.69) is 42.6 Å². The van der Waals surface area contributed by atoms with Gasteiger partial charge in [0.2, 0.25) is 0 Å². The van der Waals surface area contributed by atoms with Gasteiger partial charge in [0.25, 0.3) is 0 Å². The van der Waals surface area contributed by atoms with Gasteiger partial charge in [-0.25, -0.2) is 0 Å². The van der Waals surface area contributed by atoms with E-state index in [-0.39, 0.29) is 12.4 Å². The molecule has 2 heteroatoms. The minimum atomic E-state index is 0. The van der Waals surface area contributed by atoms with Gasteiger partial charge in [0, 0.05) is 12.6 Å². The van der Waals surface area contributed by atoms with Crippen molar-refractivity contribution in [3.8, 4) is 0 Å². The molecule has 0 saturated heterocycles. The van der Waals surface area contributed by atoms with Gasteiger partial charge >= 0.3 is 0 Å². The number of rotatable bonds is 4. The van der Waals surface area contributed by atoms with Crippen LogP contribution in [0.3, 0.4) is 0 Å². The van der Waals surface area contributed by atoms with Crippen molar-refractivity contribution < 1.29 is 12.4 Å². The molecule has 1 aliphatic carbocycles. The number of hydrogen-bond donors (Lipinski definition) is 1. The zero-order chi connectivity index (χ0) is 9.10. The summed E-state index contributed by atoms with van der Waals surface area (Å²) in [5.41, 5.74) is 1.38. The minimum Gasteiger partial charge on any atom is -1.00 e. The Balaban J connectivity index is 0.000000980. The number of halogens is 1. The molecular weight excluding hydrogens is 194 g/mol. The standard InChI is InChI=1S/C12H17N.ClH/c1-10(12-7-8-12)13-9-11-5-3-2-4-6-11;/h2-6,10,12-13H,7-9H2,1H3;1H/p-1. The third-order valence-corrected chi connectivity index (χ3v) is 2.80. The van der Waals surface area contributed by atoms with Crippen LogP contribution in [0.4, 0.5) is 0 Å². The monoisotopic (exact) mass is 210 g/mol. The molecule has 1 aliphatic rings. The minimum absolute atomic E-state index is 0. The molecule has 0 spiro atoms. The summed E-state index contributed by atoms with van der Waals surface area (Å²) in [5, 5.41) is 3.56. The highest BCUT2D eigenvalue weighted by Crippen LogP contribution is 2.32. The van der Waals surface area contributed by atoms with Crippen molar-refractivity contribution >= 4 is 0 Å². The molecule has 0 aromatic heterocycles. The maximum absolute atomic E-state index is 3.56. The van der Waals surface area contributed by atoms with Gasteiger partial charge in [0.1, 0.15) is 0 Å². The van der Waals surface area contributed by atoms with E-state index in [4.69, 9.17) is 0 Å². The van der Waals surface area contributed by atoms with Crippen molar-refractivity contribution in [1.29, 1.82) is 0 Å². The van der Waals surface area contributed by atoms with E-state index in [1.807, 2.05) is 0 Å². The van der Waals surface area contributed by atoms with Crippen LogP contribution in [0.1, 0.15) is 25.3 Å². The molecule has 1 fully saturated rings. The summed E-state index contributed by atoms with van der Waals surface area (Å²) in [7, 11) is 0. The highest BCUT2D eigenvalue weighted by Gasteiger charge is 2.27. The zero-order valence-corrected chi connectivity index (χ0v) is 9.30. The lowest BCUT2D eigenvalue weighted by molar-refractivity contribution is -0.00000279. The predicted octanol–water partition coefficient (Wildman–Crippen LogP) is -0.421. The second-order valence-electron chi connectivity index (χ2n) is 3.99. The van der Waals surface area contributed by atoms with Gasteiger partial charge in [-0.2, -0.15) is 0 Å². The second kappa shape index (κ2) is 5.38. The Labute approximate surface area is 92.3 Å². The van der Waals surface area contributed by atoms with Crippen LogP contribution in [0, 0.1) is 5.92 Å². The number of hydrogen-bond acceptors (Lipinski definition) is 1. The van der Waals surface area contributed by atoms with Crippen LogP contribution in [-0.2, 0) is 6.54 Å². The predicted molar refractivity (Wildman–Crippen MR) is 55.5 cm³/mol. The highest BCUT2D eigenvalue weighted by molar-refractivity contribution is 5.14. The van der Waals surface area contributed by atoms with Crippen molar-refractivity contribution in [1.82, 2.24) is 5.32 Å². The summed E-state index contributed by atoms with van der Waals surface area (Å²) in [6.07, 6.45) is 2.84. The molecule has 1 saturated carbocycles. The maximum Gasteiger partial charge on any atom is 0.0208 e. The second-order valence-corrected chi connectivity index (χ2v) is 3.99. The van der Waals surface area contributed by atoms with Crippen LogP contribution in [0.25, 0.3) is 0 Å². The summed E-state index contributed by atoms with van der Waals surface area (Å²) >= 11 is 0. The normalized spacial score (nSPS) is 17.2. The van der Waals surface area contributed by atoms with Crippen LogP contribution >= 0.6 is 0 Å². The molecule has 1 N–H and O–H groups in total. The van der Waals surface area contributed by atoms with Gasteiger partial charge in [-0.1, -0.05) is 30.3 Å². The third kappa shape index (κ3) is 3.32. The number of benzene rings is 1. The van der Waals surface area contributed by atoms with Crippen LogP contribution in [0.15, 0.2) is 30.3 Å². The average molecular weight is 211 g/mol. The van der Waals surface area contributed by atoms with E-state index in [1.54, 1.807) is 0 Å². The van der Waals surface area contributed by atoms with E-state index in [0.717, 1.165) is 12.5 Å². The van der Waals surface area contributed by atoms with E-state index in [1.165, 1.54) is 18.4 Å². The molecule has 14 heavy (non-hydrogen) atoms. The van der Waals surface area contributed by atoms with Crippen molar-refractivity contribution in [2.24, 2.45) is 5.92 Å². The topological polar surface area (TPSA) is 12.0 Å². The Hall–Kier alpha value is -0.530. The summed E-state index contributed by atoms with van der Waals surface area (Å²) in [6, 6.07) is 11.3. The molecule has 1 aromatic carbocycles.